The molecule has 2 rings (SSSR count). The van der Waals surface area contributed by atoms with E-state index < -0.39 is 0 Å². The van der Waals surface area contributed by atoms with Crippen molar-refractivity contribution in [1.82, 2.24) is 14.8 Å². The second-order valence-electron chi connectivity index (χ2n) is 4.81. The molecular formula is C15H19N3O3. The maximum absolute atomic E-state index is 11.9. The second kappa shape index (κ2) is 6.88. The van der Waals surface area contributed by atoms with Crippen LogP contribution in [0.2, 0.25) is 0 Å². The highest BCUT2D eigenvalue weighted by Gasteiger charge is 2.16. The molecule has 0 aliphatic rings. The summed E-state index contributed by atoms with van der Waals surface area (Å²) >= 11 is 0. The lowest BCUT2D eigenvalue weighted by Gasteiger charge is -2.14. The van der Waals surface area contributed by atoms with E-state index in [0.29, 0.717) is 5.82 Å². The summed E-state index contributed by atoms with van der Waals surface area (Å²) in [4.78, 5) is 15.9. The molecule has 0 unspecified atom stereocenters. The zero-order valence-electron chi connectivity index (χ0n) is 12.4. The molecule has 0 saturated carbocycles. The Balaban J connectivity index is 1.91. The lowest BCUT2D eigenvalue weighted by atomic mass is 9.97. The number of aromatic nitrogens is 3. The molecule has 0 fully saturated rings. The number of esters is 1. The van der Waals surface area contributed by atoms with E-state index in [1.807, 2.05) is 31.2 Å². The molecule has 112 valence electrons. The molecule has 0 aliphatic carbocycles. The van der Waals surface area contributed by atoms with Gasteiger partial charge in [-0.15, -0.1) is 0 Å². The van der Waals surface area contributed by atoms with E-state index in [1.54, 1.807) is 18.8 Å². The number of para-hydroxylation sites is 1. The van der Waals surface area contributed by atoms with Crippen LogP contribution in [0.4, 0.5) is 0 Å². The summed E-state index contributed by atoms with van der Waals surface area (Å²) in [6.45, 7) is 2.11. The number of benzene rings is 1. The van der Waals surface area contributed by atoms with Crippen LogP contribution in [0.3, 0.4) is 0 Å². The molecule has 0 aliphatic heterocycles. The first-order valence-electron chi connectivity index (χ1n) is 6.73. The van der Waals surface area contributed by atoms with Crippen molar-refractivity contribution < 1.29 is 14.3 Å². The summed E-state index contributed by atoms with van der Waals surface area (Å²) < 4.78 is 12.1. The monoisotopic (exact) mass is 289 g/mol. The highest BCUT2D eigenvalue weighted by Crippen LogP contribution is 2.28. The highest BCUT2D eigenvalue weighted by molar-refractivity contribution is 5.70. The molecule has 1 aromatic carbocycles. The molecule has 2 aromatic rings. The highest BCUT2D eigenvalue weighted by atomic mass is 16.5. The van der Waals surface area contributed by atoms with Crippen LogP contribution in [0.1, 0.15) is 30.7 Å². The molecule has 21 heavy (non-hydrogen) atoms. The largest absolute Gasteiger partial charge is 0.496 e. The quantitative estimate of drug-likeness (QED) is 0.761. The van der Waals surface area contributed by atoms with Crippen molar-refractivity contribution in [3.8, 4) is 5.75 Å². The summed E-state index contributed by atoms with van der Waals surface area (Å²) in [6.07, 6.45) is 1.72. The van der Waals surface area contributed by atoms with Gasteiger partial charge in [0.25, 0.3) is 0 Å². The lowest BCUT2D eigenvalue weighted by Crippen LogP contribution is -2.11. The van der Waals surface area contributed by atoms with Gasteiger partial charge in [-0.1, -0.05) is 25.1 Å². The molecule has 1 atom stereocenters. The first-order valence-corrected chi connectivity index (χ1v) is 6.73. The van der Waals surface area contributed by atoms with Gasteiger partial charge in [0.1, 0.15) is 12.1 Å². The van der Waals surface area contributed by atoms with Crippen molar-refractivity contribution in [1.29, 1.82) is 0 Å². The van der Waals surface area contributed by atoms with E-state index in [-0.39, 0.29) is 24.9 Å². The van der Waals surface area contributed by atoms with Crippen LogP contribution in [0.25, 0.3) is 0 Å². The van der Waals surface area contributed by atoms with Gasteiger partial charge in [-0.3, -0.25) is 9.48 Å². The minimum absolute atomic E-state index is 0.0214. The molecule has 0 saturated heterocycles. The van der Waals surface area contributed by atoms with E-state index in [1.165, 1.54) is 6.33 Å². The van der Waals surface area contributed by atoms with Gasteiger partial charge in [-0.25, -0.2) is 4.98 Å². The normalized spacial score (nSPS) is 12.0. The van der Waals surface area contributed by atoms with E-state index in [0.717, 1.165) is 11.3 Å². The van der Waals surface area contributed by atoms with Crippen LogP contribution in [-0.2, 0) is 23.2 Å². The third-order valence-corrected chi connectivity index (χ3v) is 3.31. The van der Waals surface area contributed by atoms with Gasteiger partial charge >= 0.3 is 5.97 Å². The summed E-state index contributed by atoms with van der Waals surface area (Å²) in [5, 5.41) is 3.92. The summed E-state index contributed by atoms with van der Waals surface area (Å²) in [5.74, 6) is 1.16. The number of carbonyl (C=O) groups is 1. The second-order valence-corrected chi connectivity index (χ2v) is 4.81. The molecule has 6 heteroatoms. The van der Waals surface area contributed by atoms with Crippen molar-refractivity contribution in [2.75, 3.05) is 7.11 Å². The molecule has 0 radical (unpaired) electrons. The Labute approximate surface area is 123 Å². The maximum atomic E-state index is 11.9. The van der Waals surface area contributed by atoms with Crippen molar-refractivity contribution in [3.63, 3.8) is 0 Å². The van der Waals surface area contributed by atoms with Gasteiger partial charge in [-0.05, 0) is 17.5 Å². The predicted octanol–water partition coefficient (Wildman–Crippen LogP) is 2.06. The van der Waals surface area contributed by atoms with Crippen LogP contribution in [0, 0.1) is 0 Å². The molecular weight excluding hydrogens is 270 g/mol. The van der Waals surface area contributed by atoms with Gasteiger partial charge in [-0.2, -0.15) is 5.10 Å². The lowest BCUT2D eigenvalue weighted by molar-refractivity contribution is -0.145. The van der Waals surface area contributed by atoms with Gasteiger partial charge in [0.15, 0.2) is 12.4 Å². The number of methoxy groups -OCH3 is 1. The first-order chi connectivity index (χ1) is 10.1. The Morgan fingerprint density at radius 3 is 2.81 bits per heavy atom. The number of aryl methyl sites for hydroxylation is 1. The van der Waals surface area contributed by atoms with Crippen molar-refractivity contribution >= 4 is 5.97 Å². The van der Waals surface area contributed by atoms with E-state index in [2.05, 4.69) is 10.1 Å². The average molecular weight is 289 g/mol. The van der Waals surface area contributed by atoms with Crippen LogP contribution in [-0.4, -0.2) is 27.8 Å². The van der Waals surface area contributed by atoms with Crippen LogP contribution >= 0.6 is 0 Å². The number of hydrogen-bond donors (Lipinski definition) is 0. The van der Waals surface area contributed by atoms with Gasteiger partial charge in [0, 0.05) is 7.05 Å². The zero-order valence-corrected chi connectivity index (χ0v) is 12.4. The minimum atomic E-state index is -0.267. The van der Waals surface area contributed by atoms with Crippen LogP contribution in [0.5, 0.6) is 5.75 Å². The minimum Gasteiger partial charge on any atom is -0.496 e. The number of nitrogens with zero attached hydrogens (tertiary/aromatic N) is 3. The number of ether oxygens (including phenoxy) is 2. The summed E-state index contributed by atoms with van der Waals surface area (Å²) in [5.41, 5.74) is 0.996. The summed E-state index contributed by atoms with van der Waals surface area (Å²) in [7, 11) is 3.38. The average Bonchev–Trinajstić information content (AvgIpc) is 2.90. The van der Waals surface area contributed by atoms with Crippen LogP contribution < -0.4 is 4.74 Å². The van der Waals surface area contributed by atoms with E-state index in [9.17, 15) is 4.79 Å². The van der Waals surface area contributed by atoms with Crippen molar-refractivity contribution in [2.24, 2.45) is 7.05 Å². The third kappa shape index (κ3) is 3.81. The number of rotatable bonds is 6. The Kier molecular flexibility index (Phi) is 4.92. The molecule has 0 bridgehead atoms. The topological polar surface area (TPSA) is 66.2 Å². The zero-order chi connectivity index (χ0) is 15.2. The van der Waals surface area contributed by atoms with Gasteiger partial charge < -0.3 is 9.47 Å². The molecule has 0 spiro atoms. The smallest absolute Gasteiger partial charge is 0.306 e. The summed E-state index contributed by atoms with van der Waals surface area (Å²) in [6, 6.07) is 7.68. The Morgan fingerprint density at radius 2 is 2.14 bits per heavy atom. The van der Waals surface area contributed by atoms with Gasteiger partial charge in [0.05, 0.1) is 13.5 Å². The third-order valence-electron chi connectivity index (χ3n) is 3.31. The Morgan fingerprint density at radius 1 is 1.38 bits per heavy atom. The SMILES string of the molecule is COc1ccccc1[C@@H](C)CC(=O)OCc1ncnn1C. The Hall–Kier alpha value is -2.37. The number of hydrogen-bond acceptors (Lipinski definition) is 5. The standard InChI is InChI=1S/C15H19N3O3/c1-11(12-6-4-5-7-13(12)20-3)8-15(19)21-9-14-16-10-17-18(14)2/h4-7,10-11H,8-9H2,1-3H3/t11-/m0/s1. The maximum Gasteiger partial charge on any atom is 0.306 e. The molecule has 1 heterocycles. The molecule has 0 N–H and O–H groups in total. The first kappa shape index (κ1) is 15.0. The molecule has 6 nitrogen and oxygen atoms in total. The van der Waals surface area contributed by atoms with E-state index >= 15 is 0 Å². The van der Waals surface area contributed by atoms with Gasteiger partial charge in [0.2, 0.25) is 0 Å². The number of carbonyl (C=O) groups excluding carboxylic acids is 1. The fraction of sp³-hybridized carbons (Fsp3) is 0.400. The van der Waals surface area contributed by atoms with E-state index in [4.69, 9.17) is 9.47 Å². The van der Waals surface area contributed by atoms with Crippen molar-refractivity contribution in [3.05, 3.63) is 42.0 Å². The van der Waals surface area contributed by atoms with Crippen LogP contribution in [0.15, 0.2) is 30.6 Å². The predicted molar refractivity (Wildman–Crippen MR) is 76.8 cm³/mol. The fourth-order valence-corrected chi connectivity index (χ4v) is 2.09. The fourth-order valence-electron chi connectivity index (χ4n) is 2.09. The molecule has 0 amide bonds. The molecule has 1 aromatic heterocycles. The van der Waals surface area contributed by atoms with Crippen molar-refractivity contribution in [2.45, 2.75) is 25.9 Å². The Bertz CT molecular complexity index is 610.